The number of Topliss-reactive ketones (excluding diaryl/α,β-unsaturated/α-hetero) is 1. The molecule has 4 rings (SSSR count). The Morgan fingerprint density at radius 1 is 0.920 bits per heavy atom. The highest BCUT2D eigenvalue weighted by atomic mass is 16.3. The van der Waals surface area contributed by atoms with Gasteiger partial charge in [-0.3, -0.25) is 9.59 Å². The molecule has 0 radical (unpaired) electrons. The number of ketones is 1. The summed E-state index contributed by atoms with van der Waals surface area (Å²) in [5.74, 6) is 0.521. The summed E-state index contributed by atoms with van der Waals surface area (Å²) in [7, 11) is 0. The molecule has 134 valence electrons. The molecule has 0 amide bonds. The molecule has 2 fully saturated rings. The third kappa shape index (κ3) is 1.68. The zero-order valence-electron chi connectivity index (χ0n) is 15.7. The summed E-state index contributed by atoms with van der Waals surface area (Å²) in [6.07, 6.45) is 6.19. The summed E-state index contributed by atoms with van der Waals surface area (Å²) < 4.78 is 0. The maximum absolute atomic E-state index is 12.8. The van der Waals surface area contributed by atoms with Crippen LogP contribution in [0.2, 0.25) is 0 Å². The zero-order valence-corrected chi connectivity index (χ0v) is 15.7. The van der Waals surface area contributed by atoms with Crippen molar-refractivity contribution in [2.45, 2.75) is 71.6 Å². The van der Waals surface area contributed by atoms with Crippen molar-refractivity contribution in [3.8, 4) is 5.75 Å². The van der Waals surface area contributed by atoms with Crippen LogP contribution in [0, 0.1) is 16.2 Å². The number of carbonyl (C=O) groups excluding carboxylic acids is 2. The van der Waals surface area contributed by atoms with E-state index in [1.165, 1.54) is 11.1 Å². The molecule has 2 saturated carbocycles. The van der Waals surface area contributed by atoms with Crippen molar-refractivity contribution in [2.75, 3.05) is 0 Å². The Kier molecular flexibility index (Phi) is 3.19. The Morgan fingerprint density at radius 3 is 2.20 bits per heavy atom. The third-order valence-electron chi connectivity index (χ3n) is 9.11. The fourth-order valence-corrected chi connectivity index (χ4v) is 6.74. The van der Waals surface area contributed by atoms with Gasteiger partial charge in [0, 0.05) is 11.8 Å². The monoisotopic (exact) mass is 340 g/mol. The van der Waals surface area contributed by atoms with Crippen LogP contribution in [0.4, 0.5) is 0 Å². The standard InChI is InChI=1S/C22H28O3/c1-19-9-10-20(2)18(25)6-8-22(20,4)21(19,3)7-5-14-12-17(24)15(13-23)11-16(14)19/h11-13,24H,5-10H2,1-4H3/t19-,20-,21-,22-/m1/s1. The van der Waals surface area contributed by atoms with E-state index in [9.17, 15) is 14.7 Å². The lowest BCUT2D eigenvalue weighted by Gasteiger charge is -2.67. The van der Waals surface area contributed by atoms with Crippen LogP contribution in [0.1, 0.15) is 81.3 Å². The summed E-state index contributed by atoms with van der Waals surface area (Å²) in [6, 6.07) is 3.71. The van der Waals surface area contributed by atoms with Crippen molar-refractivity contribution in [1.29, 1.82) is 0 Å². The first-order valence-electron chi connectivity index (χ1n) is 9.48. The van der Waals surface area contributed by atoms with Gasteiger partial charge in [0.15, 0.2) is 6.29 Å². The highest BCUT2D eigenvalue weighted by Crippen LogP contribution is 2.74. The van der Waals surface area contributed by atoms with E-state index < -0.39 is 0 Å². The Balaban J connectivity index is 1.94. The summed E-state index contributed by atoms with van der Waals surface area (Å²) in [4.78, 5) is 24.2. The summed E-state index contributed by atoms with van der Waals surface area (Å²) in [6.45, 7) is 9.22. The Labute approximate surface area is 149 Å². The fraction of sp³-hybridized carbons (Fsp3) is 0.636. The lowest BCUT2D eigenvalue weighted by Crippen LogP contribution is -2.63. The maximum Gasteiger partial charge on any atom is 0.153 e. The molecule has 0 aliphatic heterocycles. The summed E-state index contributed by atoms with van der Waals surface area (Å²) in [5, 5.41) is 10.1. The van der Waals surface area contributed by atoms with E-state index in [4.69, 9.17) is 0 Å². The molecule has 1 aromatic rings. The predicted octanol–water partition coefficient (Wildman–Crippen LogP) is 4.58. The van der Waals surface area contributed by atoms with E-state index >= 15 is 0 Å². The Morgan fingerprint density at radius 2 is 1.52 bits per heavy atom. The minimum atomic E-state index is -0.233. The molecule has 3 nitrogen and oxygen atoms in total. The van der Waals surface area contributed by atoms with Crippen LogP contribution in [0.25, 0.3) is 0 Å². The van der Waals surface area contributed by atoms with Crippen LogP contribution in [-0.4, -0.2) is 17.2 Å². The summed E-state index contributed by atoms with van der Waals surface area (Å²) >= 11 is 0. The average molecular weight is 340 g/mol. The lowest BCUT2D eigenvalue weighted by atomic mass is 9.36. The van der Waals surface area contributed by atoms with Crippen LogP contribution in [0.3, 0.4) is 0 Å². The third-order valence-corrected chi connectivity index (χ3v) is 9.11. The number of aldehydes is 1. The molecule has 0 saturated heterocycles. The van der Waals surface area contributed by atoms with Crippen molar-refractivity contribution in [2.24, 2.45) is 16.2 Å². The van der Waals surface area contributed by atoms with E-state index in [-0.39, 0.29) is 27.4 Å². The predicted molar refractivity (Wildman–Crippen MR) is 97.0 cm³/mol. The maximum atomic E-state index is 12.8. The van der Waals surface area contributed by atoms with Crippen LogP contribution >= 0.6 is 0 Å². The summed E-state index contributed by atoms with van der Waals surface area (Å²) in [5.41, 5.74) is 2.42. The molecule has 0 bridgehead atoms. The number of phenols is 1. The molecule has 0 unspecified atom stereocenters. The molecule has 3 aliphatic rings. The first kappa shape index (κ1) is 16.8. The zero-order chi connectivity index (χ0) is 18.3. The number of phenolic OH excluding ortho intramolecular Hbond substituents is 1. The number of benzene rings is 1. The number of carbonyl (C=O) groups is 2. The van der Waals surface area contributed by atoms with E-state index in [1.807, 2.05) is 6.07 Å². The average Bonchev–Trinajstić information content (AvgIpc) is 2.82. The normalized spacial score (nSPS) is 42.5. The second-order valence-electron chi connectivity index (χ2n) is 9.44. The van der Waals surface area contributed by atoms with Gasteiger partial charge in [-0.2, -0.15) is 0 Å². The minimum absolute atomic E-state index is 0.00326. The molecule has 25 heavy (non-hydrogen) atoms. The van der Waals surface area contributed by atoms with Gasteiger partial charge in [-0.15, -0.1) is 0 Å². The number of hydrogen-bond acceptors (Lipinski definition) is 3. The SMILES string of the molecule is C[C@@]12CCC(=O)[C@@]1(C)CC[C@]1(C)c3cc(C=O)c(O)cc3CC[C@@]21C. The van der Waals surface area contributed by atoms with Gasteiger partial charge in [0.25, 0.3) is 0 Å². The molecular formula is C22H28O3. The van der Waals surface area contributed by atoms with Gasteiger partial charge in [-0.25, -0.2) is 0 Å². The van der Waals surface area contributed by atoms with Gasteiger partial charge in [-0.05, 0) is 71.6 Å². The first-order valence-corrected chi connectivity index (χ1v) is 9.48. The number of fused-ring (bicyclic) bond motifs is 5. The van der Waals surface area contributed by atoms with E-state index in [0.717, 1.165) is 38.4 Å². The van der Waals surface area contributed by atoms with Gasteiger partial charge in [0.2, 0.25) is 0 Å². The number of aryl methyl sites for hydroxylation is 1. The first-order chi connectivity index (χ1) is 11.6. The molecule has 0 spiro atoms. The van der Waals surface area contributed by atoms with Crippen molar-refractivity contribution in [3.05, 3.63) is 28.8 Å². The van der Waals surface area contributed by atoms with Crippen molar-refractivity contribution >= 4 is 12.1 Å². The Bertz CT molecular complexity index is 797. The van der Waals surface area contributed by atoms with Gasteiger partial charge in [0.05, 0.1) is 5.56 Å². The lowest BCUT2D eigenvalue weighted by molar-refractivity contribution is -0.157. The Hall–Kier alpha value is -1.64. The van der Waals surface area contributed by atoms with E-state index in [2.05, 4.69) is 27.7 Å². The van der Waals surface area contributed by atoms with Gasteiger partial charge in [0.1, 0.15) is 11.5 Å². The highest BCUT2D eigenvalue weighted by Gasteiger charge is 2.70. The largest absolute Gasteiger partial charge is 0.507 e. The molecular weight excluding hydrogens is 312 g/mol. The number of aromatic hydroxyl groups is 1. The van der Waals surface area contributed by atoms with Gasteiger partial charge >= 0.3 is 0 Å². The second kappa shape index (κ2) is 4.75. The van der Waals surface area contributed by atoms with Crippen molar-refractivity contribution in [1.82, 2.24) is 0 Å². The molecule has 3 aliphatic carbocycles. The van der Waals surface area contributed by atoms with Crippen molar-refractivity contribution in [3.63, 3.8) is 0 Å². The van der Waals surface area contributed by atoms with E-state index in [0.29, 0.717) is 17.8 Å². The molecule has 1 N–H and O–H groups in total. The fourth-order valence-electron chi connectivity index (χ4n) is 6.74. The topological polar surface area (TPSA) is 54.4 Å². The molecule has 0 aromatic heterocycles. The number of rotatable bonds is 1. The smallest absolute Gasteiger partial charge is 0.153 e. The molecule has 4 atom stereocenters. The van der Waals surface area contributed by atoms with E-state index in [1.54, 1.807) is 6.07 Å². The molecule has 0 heterocycles. The van der Waals surface area contributed by atoms with Crippen molar-refractivity contribution < 1.29 is 14.7 Å². The van der Waals surface area contributed by atoms with Gasteiger partial charge in [-0.1, -0.05) is 27.7 Å². The molecule has 1 aromatic carbocycles. The quantitative estimate of drug-likeness (QED) is 0.761. The van der Waals surface area contributed by atoms with Crippen LogP contribution < -0.4 is 0 Å². The minimum Gasteiger partial charge on any atom is -0.507 e. The molecule has 3 heteroatoms. The van der Waals surface area contributed by atoms with Crippen LogP contribution in [0.15, 0.2) is 12.1 Å². The second-order valence-corrected chi connectivity index (χ2v) is 9.44. The van der Waals surface area contributed by atoms with Crippen LogP contribution in [0.5, 0.6) is 5.75 Å². The van der Waals surface area contributed by atoms with Gasteiger partial charge < -0.3 is 5.11 Å². The number of hydrogen-bond donors (Lipinski definition) is 1. The van der Waals surface area contributed by atoms with Crippen LogP contribution in [-0.2, 0) is 16.6 Å². The highest BCUT2D eigenvalue weighted by molar-refractivity contribution is 5.88.